The Morgan fingerprint density at radius 3 is 2.52 bits per heavy atom. The maximum Gasteiger partial charge on any atom is 0.416 e. The van der Waals surface area contributed by atoms with E-state index in [0.29, 0.717) is 0 Å². The van der Waals surface area contributed by atoms with Gasteiger partial charge in [0.15, 0.2) is 5.58 Å². The minimum atomic E-state index is -4.48. The molecule has 3 aromatic rings. The molecular weight excluding hydrogens is 288 g/mol. The molecule has 2 aromatic carbocycles. The summed E-state index contributed by atoms with van der Waals surface area (Å²) in [6, 6.07) is 6.90. The van der Waals surface area contributed by atoms with Gasteiger partial charge in [0.1, 0.15) is 11.3 Å². The molecule has 0 fully saturated rings. The summed E-state index contributed by atoms with van der Waals surface area (Å²) >= 11 is 0. The van der Waals surface area contributed by atoms with Crippen molar-refractivity contribution in [2.75, 3.05) is 5.73 Å². The average molecular weight is 296 g/mol. The Kier molecular flexibility index (Phi) is 2.86. The fourth-order valence-electron chi connectivity index (χ4n) is 1.98. The van der Waals surface area contributed by atoms with Gasteiger partial charge in [-0.15, -0.1) is 0 Å². The van der Waals surface area contributed by atoms with Crippen molar-refractivity contribution in [1.82, 2.24) is 4.98 Å². The summed E-state index contributed by atoms with van der Waals surface area (Å²) in [7, 11) is 0. The van der Waals surface area contributed by atoms with E-state index in [2.05, 4.69) is 4.98 Å². The molecule has 0 unspecified atom stereocenters. The molecule has 0 radical (unpaired) electrons. The zero-order valence-corrected chi connectivity index (χ0v) is 10.4. The van der Waals surface area contributed by atoms with Crippen LogP contribution in [0.1, 0.15) is 5.56 Å². The second-order valence-electron chi connectivity index (χ2n) is 4.40. The highest BCUT2D eigenvalue weighted by Gasteiger charge is 2.31. The number of halogens is 4. The number of hydrogen-bond donors (Lipinski definition) is 1. The molecular formula is C14H8F4N2O. The first-order chi connectivity index (χ1) is 9.86. The Balaban J connectivity index is 2.18. The number of fused-ring (bicyclic) bond motifs is 1. The molecule has 0 aliphatic carbocycles. The van der Waals surface area contributed by atoms with E-state index in [1.165, 1.54) is 18.2 Å². The van der Waals surface area contributed by atoms with Crippen molar-refractivity contribution in [3.05, 3.63) is 47.8 Å². The number of benzene rings is 2. The molecule has 0 amide bonds. The fourth-order valence-corrected chi connectivity index (χ4v) is 1.98. The van der Waals surface area contributed by atoms with Gasteiger partial charge in [-0.3, -0.25) is 0 Å². The number of nitrogens with zero attached hydrogens (tertiary/aromatic N) is 1. The summed E-state index contributed by atoms with van der Waals surface area (Å²) in [5.74, 6) is -0.808. The zero-order valence-electron chi connectivity index (χ0n) is 10.4. The van der Waals surface area contributed by atoms with E-state index in [1.54, 1.807) is 0 Å². The summed E-state index contributed by atoms with van der Waals surface area (Å²) in [5.41, 5.74) is 4.95. The molecule has 3 nitrogen and oxygen atoms in total. The van der Waals surface area contributed by atoms with Crippen LogP contribution in [0.5, 0.6) is 0 Å². The van der Waals surface area contributed by atoms with Crippen LogP contribution in [0.4, 0.5) is 23.2 Å². The normalized spacial score (nSPS) is 12.0. The van der Waals surface area contributed by atoms with Gasteiger partial charge in [0.2, 0.25) is 5.89 Å². The third-order valence-electron chi connectivity index (χ3n) is 2.97. The molecule has 0 bridgehead atoms. The SMILES string of the molecule is Nc1cccc(F)c1-c1nc2cc(C(F)(F)F)ccc2o1. The molecule has 0 aliphatic heterocycles. The molecule has 21 heavy (non-hydrogen) atoms. The largest absolute Gasteiger partial charge is 0.436 e. The predicted molar refractivity (Wildman–Crippen MR) is 68.8 cm³/mol. The molecule has 0 saturated carbocycles. The van der Waals surface area contributed by atoms with Crippen LogP contribution in [0.25, 0.3) is 22.6 Å². The molecule has 0 spiro atoms. The molecule has 2 N–H and O–H groups in total. The highest BCUT2D eigenvalue weighted by atomic mass is 19.4. The van der Waals surface area contributed by atoms with Gasteiger partial charge in [0.25, 0.3) is 0 Å². The summed E-state index contributed by atoms with van der Waals surface area (Å²) in [5, 5.41) is 0. The molecule has 1 aromatic heterocycles. The van der Waals surface area contributed by atoms with E-state index in [-0.39, 0.29) is 28.2 Å². The number of aromatic nitrogens is 1. The summed E-state index contributed by atoms with van der Waals surface area (Å²) in [4.78, 5) is 3.89. The number of rotatable bonds is 1. The van der Waals surface area contributed by atoms with Gasteiger partial charge >= 0.3 is 6.18 Å². The van der Waals surface area contributed by atoms with Gasteiger partial charge in [-0.1, -0.05) is 6.07 Å². The standard InChI is InChI=1S/C14H8F4N2O/c15-8-2-1-3-9(19)12(8)13-20-10-6-7(14(16,17)18)4-5-11(10)21-13/h1-6H,19H2. The summed E-state index contributed by atoms with van der Waals surface area (Å²) in [6.07, 6.45) is -4.48. The van der Waals surface area contributed by atoms with Crippen LogP contribution in [0, 0.1) is 5.82 Å². The third-order valence-corrected chi connectivity index (χ3v) is 2.97. The number of anilines is 1. The summed E-state index contributed by atoms with van der Waals surface area (Å²) < 4.78 is 57.0. The van der Waals surface area contributed by atoms with E-state index in [1.807, 2.05) is 0 Å². The first-order valence-corrected chi connectivity index (χ1v) is 5.88. The van der Waals surface area contributed by atoms with E-state index >= 15 is 0 Å². The topological polar surface area (TPSA) is 52.0 Å². The monoisotopic (exact) mass is 296 g/mol. The molecule has 3 rings (SSSR count). The number of alkyl halides is 3. The quantitative estimate of drug-likeness (QED) is 0.540. The predicted octanol–water partition coefficient (Wildman–Crippen LogP) is 4.23. The highest BCUT2D eigenvalue weighted by Crippen LogP contribution is 2.34. The Morgan fingerprint density at radius 2 is 1.86 bits per heavy atom. The van der Waals surface area contributed by atoms with Crippen LogP contribution in [-0.2, 0) is 6.18 Å². The van der Waals surface area contributed by atoms with Gasteiger partial charge < -0.3 is 10.2 Å². The minimum Gasteiger partial charge on any atom is -0.436 e. The van der Waals surface area contributed by atoms with E-state index in [0.717, 1.165) is 18.2 Å². The number of hydrogen-bond acceptors (Lipinski definition) is 3. The lowest BCUT2D eigenvalue weighted by atomic mass is 10.1. The highest BCUT2D eigenvalue weighted by molar-refractivity contribution is 5.80. The van der Waals surface area contributed by atoms with Gasteiger partial charge in [0, 0.05) is 5.69 Å². The van der Waals surface area contributed by atoms with E-state index in [9.17, 15) is 17.6 Å². The summed E-state index contributed by atoms with van der Waals surface area (Å²) in [6.45, 7) is 0. The minimum absolute atomic E-state index is 0.0116. The molecule has 1 heterocycles. The Bertz CT molecular complexity index is 803. The molecule has 0 aliphatic rings. The second-order valence-corrected chi connectivity index (χ2v) is 4.40. The maximum absolute atomic E-state index is 13.8. The number of nitrogen functional groups attached to an aromatic ring is 1. The van der Waals surface area contributed by atoms with Crippen LogP contribution < -0.4 is 5.73 Å². The Labute approximate surface area is 116 Å². The third kappa shape index (κ3) is 2.31. The Morgan fingerprint density at radius 1 is 1.10 bits per heavy atom. The first kappa shape index (κ1) is 13.4. The molecule has 7 heteroatoms. The molecule has 108 valence electrons. The van der Waals surface area contributed by atoms with Crippen LogP contribution >= 0.6 is 0 Å². The van der Waals surface area contributed by atoms with Gasteiger partial charge in [-0.05, 0) is 30.3 Å². The number of nitrogens with two attached hydrogens (primary N) is 1. The van der Waals surface area contributed by atoms with Crippen molar-refractivity contribution < 1.29 is 22.0 Å². The van der Waals surface area contributed by atoms with Crippen molar-refractivity contribution in [3.8, 4) is 11.5 Å². The van der Waals surface area contributed by atoms with Crippen molar-refractivity contribution in [1.29, 1.82) is 0 Å². The van der Waals surface area contributed by atoms with Crippen molar-refractivity contribution in [2.24, 2.45) is 0 Å². The van der Waals surface area contributed by atoms with Crippen LogP contribution in [0.2, 0.25) is 0 Å². The van der Waals surface area contributed by atoms with Crippen molar-refractivity contribution in [3.63, 3.8) is 0 Å². The first-order valence-electron chi connectivity index (χ1n) is 5.88. The lowest BCUT2D eigenvalue weighted by Gasteiger charge is -2.04. The van der Waals surface area contributed by atoms with Gasteiger partial charge in [-0.25, -0.2) is 9.37 Å². The van der Waals surface area contributed by atoms with Crippen LogP contribution in [0.15, 0.2) is 40.8 Å². The van der Waals surface area contributed by atoms with Gasteiger partial charge in [-0.2, -0.15) is 13.2 Å². The molecule has 0 atom stereocenters. The van der Waals surface area contributed by atoms with E-state index in [4.69, 9.17) is 10.2 Å². The fraction of sp³-hybridized carbons (Fsp3) is 0.0714. The maximum atomic E-state index is 13.8. The van der Waals surface area contributed by atoms with Crippen molar-refractivity contribution >= 4 is 16.8 Å². The molecule has 0 saturated heterocycles. The van der Waals surface area contributed by atoms with Crippen LogP contribution in [0.3, 0.4) is 0 Å². The second kappa shape index (κ2) is 4.47. The van der Waals surface area contributed by atoms with Crippen molar-refractivity contribution in [2.45, 2.75) is 6.18 Å². The Hall–Kier alpha value is -2.57. The smallest absolute Gasteiger partial charge is 0.416 e. The zero-order chi connectivity index (χ0) is 15.2. The van der Waals surface area contributed by atoms with E-state index < -0.39 is 17.6 Å². The number of oxazole rings is 1. The van der Waals surface area contributed by atoms with Crippen LogP contribution in [-0.4, -0.2) is 4.98 Å². The lowest BCUT2D eigenvalue weighted by Crippen LogP contribution is -2.03. The average Bonchev–Trinajstić information content (AvgIpc) is 2.79. The lowest BCUT2D eigenvalue weighted by molar-refractivity contribution is -0.137. The van der Waals surface area contributed by atoms with Gasteiger partial charge in [0.05, 0.1) is 11.1 Å².